The van der Waals surface area contributed by atoms with Crippen molar-refractivity contribution in [3.63, 3.8) is 0 Å². The lowest BCUT2D eigenvalue weighted by Gasteiger charge is -2.13. The van der Waals surface area contributed by atoms with E-state index < -0.39 is 17.6 Å². The first-order valence-corrected chi connectivity index (χ1v) is 10.7. The van der Waals surface area contributed by atoms with E-state index in [2.05, 4.69) is 10.3 Å². The topological polar surface area (TPSA) is 66.6 Å². The zero-order valence-corrected chi connectivity index (χ0v) is 18.0. The fourth-order valence-corrected chi connectivity index (χ4v) is 4.58. The monoisotopic (exact) mass is 475 g/mol. The highest BCUT2D eigenvalue weighted by Gasteiger charge is 2.33. The van der Waals surface area contributed by atoms with Crippen molar-refractivity contribution in [2.45, 2.75) is 19.1 Å². The van der Waals surface area contributed by atoms with Gasteiger partial charge in [0.1, 0.15) is 0 Å². The molecule has 0 aliphatic carbocycles. The average Bonchev–Trinajstić information content (AvgIpc) is 3.27. The Labute approximate surface area is 190 Å². The zero-order valence-electron chi connectivity index (χ0n) is 16.4. The summed E-state index contributed by atoms with van der Waals surface area (Å²) in [6, 6.07) is 12.3. The number of alkyl halides is 3. The van der Waals surface area contributed by atoms with Gasteiger partial charge in [0.2, 0.25) is 11.8 Å². The first kappa shape index (κ1) is 22.0. The maximum atomic E-state index is 13.1. The molecule has 0 saturated carbocycles. The minimum absolute atomic E-state index is 0.0229. The first-order valence-electron chi connectivity index (χ1n) is 9.48. The van der Waals surface area contributed by atoms with Gasteiger partial charge in [-0.3, -0.25) is 14.4 Å². The normalized spacial score (nSPS) is 14.0. The van der Waals surface area contributed by atoms with Gasteiger partial charge in [0, 0.05) is 30.3 Å². The van der Waals surface area contributed by atoms with E-state index in [0.717, 1.165) is 22.9 Å². The lowest BCUT2D eigenvalue weighted by molar-refractivity contribution is -0.137. The maximum Gasteiger partial charge on any atom is 0.418 e. The van der Waals surface area contributed by atoms with Crippen LogP contribution < -0.4 is 5.32 Å². The zero-order chi connectivity index (χ0) is 22.9. The Morgan fingerprint density at radius 3 is 2.69 bits per heavy atom. The van der Waals surface area contributed by atoms with E-state index >= 15 is 0 Å². The number of fused-ring (bicyclic) bond motifs is 1. The van der Waals surface area contributed by atoms with Crippen molar-refractivity contribution in [1.82, 2.24) is 4.57 Å². The summed E-state index contributed by atoms with van der Waals surface area (Å²) in [5, 5.41) is 12.9. The molecule has 0 unspecified atom stereocenters. The van der Waals surface area contributed by atoms with Crippen LogP contribution in [0.3, 0.4) is 0 Å². The molecule has 0 radical (unpaired) electrons. The van der Waals surface area contributed by atoms with E-state index in [4.69, 9.17) is 12.2 Å². The van der Waals surface area contributed by atoms with Gasteiger partial charge in [0.05, 0.1) is 21.8 Å². The highest BCUT2D eigenvalue weighted by molar-refractivity contribution is 7.73. The Hall–Kier alpha value is -3.24. The number of aliphatic imine (C=N–C) groups is 1. The van der Waals surface area contributed by atoms with E-state index in [-0.39, 0.29) is 24.5 Å². The van der Waals surface area contributed by atoms with Crippen molar-refractivity contribution >= 4 is 58.7 Å². The van der Waals surface area contributed by atoms with Crippen LogP contribution in [0.25, 0.3) is 11.6 Å². The number of aromatic hydroxyl groups is 1. The molecule has 2 heterocycles. The third-order valence-electron chi connectivity index (χ3n) is 4.81. The number of amides is 1. The van der Waals surface area contributed by atoms with Gasteiger partial charge in [-0.15, -0.1) is 11.3 Å². The van der Waals surface area contributed by atoms with Crippen LogP contribution in [0.4, 0.5) is 24.5 Å². The molecule has 2 N–H and O–H groups in total. The number of thiazole rings is 1. The Bertz CT molecular complexity index is 1310. The van der Waals surface area contributed by atoms with Crippen LogP contribution in [0, 0.1) is 3.95 Å². The number of carbonyl (C=O) groups excluding carboxylic acids is 1. The summed E-state index contributed by atoms with van der Waals surface area (Å²) >= 11 is 6.48. The molecule has 164 valence electrons. The summed E-state index contributed by atoms with van der Waals surface area (Å²) in [5.41, 5.74) is 1.35. The molecule has 5 nitrogen and oxygen atoms in total. The molecule has 1 amide bonds. The second-order valence-corrected chi connectivity index (χ2v) is 8.60. The number of para-hydroxylation sites is 2. The predicted molar refractivity (Wildman–Crippen MR) is 122 cm³/mol. The lowest BCUT2D eigenvalue weighted by Crippen LogP contribution is -2.18. The summed E-state index contributed by atoms with van der Waals surface area (Å²) in [6.45, 7) is 0.0229. The summed E-state index contributed by atoms with van der Waals surface area (Å²) in [6.07, 6.45) is -1.28. The molecule has 4 rings (SSSR count). The number of carbonyl (C=O) groups is 1. The number of allylic oxidation sites excluding steroid dienone is 1. The molecule has 0 spiro atoms. The highest BCUT2D eigenvalue weighted by Crippen LogP contribution is 2.36. The third-order valence-corrected chi connectivity index (χ3v) is 6.19. The number of hydrogen-bond donors (Lipinski definition) is 2. The van der Waals surface area contributed by atoms with Crippen molar-refractivity contribution in [2.24, 2.45) is 4.99 Å². The van der Waals surface area contributed by atoms with Crippen molar-refractivity contribution < 1.29 is 23.1 Å². The number of anilines is 1. The van der Waals surface area contributed by atoms with Crippen molar-refractivity contribution in [3.05, 3.63) is 68.5 Å². The fraction of sp³-hybridized carbons (Fsp3) is 0.136. The Balaban J connectivity index is 1.49. The number of benzene rings is 2. The molecule has 0 saturated heterocycles. The van der Waals surface area contributed by atoms with Crippen molar-refractivity contribution in [2.75, 3.05) is 5.32 Å². The van der Waals surface area contributed by atoms with Crippen LogP contribution in [0.5, 0.6) is 5.88 Å². The molecule has 32 heavy (non-hydrogen) atoms. The average molecular weight is 476 g/mol. The summed E-state index contributed by atoms with van der Waals surface area (Å²) in [5.74, 6) is -0.722. The van der Waals surface area contributed by atoms with Gasteiger partial charge in [0.25, 0.3) is 0 Å². The van der Waals surface area contributed by atoms with Crippen LogP contribution in [0.15, 0.2) is 53.5 Å². The van der Waals surface area contributed by atoms with E-state index in [0.29, 0.717) is 8.83 Å². The van der Waals surface area contributed by atoms with Gasteiger partial charge in [-0.2, -0.15) is 13.2 Å². The second-order valence-electron chi connectivity index (χ2n) is 6.92. The van der Waals surface area contributed by atoms with E-state index in [1.807, 2.05) is 24.3 Å². The van der Waals surface area contributed by atoms with Crippen molar-refractivity contribution in [1.29, 1.82) is 0 Å². The largest absolute Gasteiger partial charge is 0.493 e. The number of nitrogens with one attached hydrogen (secondary N) is 1. The summed E-state index contributed by atoms with van der Waals surface area (Å²) in [7, 11) is 0. The third kappa shape index (κ3) is 4.51. The fourth-order valence-electron chi connectivity index (χ4n) is 3.27. The van der Waals surface area contributed by atoms with Crippen molar-refractivity contribution in [3.8, 4) is 5.88 Å². The molecule has 0 fully saturated rings. The number of aromatic nitrogens is 1. The van der Waals surface area contributed by atoms with Crippen LogP contribution in [-0.2, 0) is 17.5 Å². The minimum Gasteiger partial charge on any atom is -0.493 e. The smallest absolute Gasteiger partial charge is 0.418 e. The second kappa shape index (κ2) is 8.71. The minimum atomic E-state index is -4.58. The van der Waals surface area contributed by atoms with E-state index in [1.54, 1.807) is 12.3 Å². The number of halogens is 3. The predicted octanol–water partition coefficient (Wildman–Crippen LogP) is 6.29. The Kier molecular flexibility index (Phi) is 5.98. The maximum absolute atomic E-state index is 13.1. The Morgan fingerprint density at radius 1 is 1.19 bits per heavy atom. The quantitative estimate of drug-likeness (QED) is 0.426. The molecular weight excluding hydrogens is 459 g/mol. The molecular formula is C22H16F3N3O2S2. The van der Waals surface area contributed by atoms with Crippen LogP contribution in [0.1, 0.15) is 22.4 Å². The molecule has 1 aromatic heterocycles. The van der Waals surface area contributed by atoms with Gasteiger partial charge >= 0.3 is 6.18 Å². The Morgan fingerprint density at radius 2 is 1.91 bits per heavy atom. The summed E-state index contributed by atoms with van der Waals surface area (Å²) in [4.78, 5) is 17.1. The summed E-state index contributed by atoms with van der Waals surface area (Å²) < 4.78 is 41.0. The van der Waals surface area contributed by atoms with Gasteiger partial charge < -0.3 is 10.4 Å². The van der Waals surface area contributed by atoms with E-state index in [9.17, 15) is 23.1 Å². The number of nitrogens with zero attached hydrogens (tertiary/aromatic N) is 2. The van der Waals surface area contributed by atoms with Gasteiger partial charge in [-0.25, -0.2) is 0 Å². The highest BCUT2D eigenvalue weighted by atomic mass is 32.1. The standard InChI is InChI=1S/C22H16F3N3O2S2/c23-22(24,25)15-6-2-4-8-17(15)27-19(29)9-10-28-20(30)18(32-21(28)31)11-13-12-26-16-7-3-1-5-14(13)16/h1-8,11-12,30H,9-10H2,(H,27,29)/b13-11-. The van der Waals surface area contributed by atoms with Gasteiger partial charge in [0.15, 0.2) is 3.95 Å². The van der Waals surface area contributed by atoms with E-state index in [1.165, 1.54) is 34.1 Å². The molecule has 0 atom stereocenters. The molecule has 2 aromatic carbocycles. The number of hydrogen-bond acceptors (Lipinski definition) is 5. The SMILES string of the molecule is O=C(CCn1c(O)c(/C=C2/C=Nc3ccccc32)sc1=S)Nc1ccccc1C(F)(F)F. The van der Waals surface area contributed by atoms with Gasteiger partial charge in [-0.1, -0.05) is 30.3 Å². The van der Waals surface area contributed by atoms with Crippen LogP contribution in [0.2, 0.25) is 0 Å². The van der Waals surface area contributed by atoms with Gasteiger partial charge in [-0.05, 0) is 36.5 Å². The van der Waals surface area contributed by atoms with Crippen LogP contribution in [-0.4, -0.2) is 21.8 Å². The first-order chi connectivity index (χ1) is 15.2. The molecule has 10 heteroatoms. The number of rotatable bonds is 5. The van der Waals surface area contributed by atoms with Crippen LogP contribution >= 0.6 is 23.6 Å². The lowest BCUT2D eigenvalue weighted by atomic mass is 10.1. The molecule has 1 aliphatic rings. The molecule has 0 bridgehead atoms. The molecule has 1 aliphatic heterocycles. The molecule has 3 aromatic rings.